The van der Waals surface area contributed by atoms with Crippen molar-refractivity contribution in [3.05, 3.63) is 47.3 Å². The van der Waals surface area contributed by atoms with Gasteiger partial charge in [0.15, 0.2) is 5.69 Å². The Morgan fingerprint density at radius 1 is 1.45 bits per heavy atom. The summed E-state index contributed by atoms with van der Waals surface area (Å²) in [5.74, 6) is 6.80. The van der Waals surface area contributed by atoms with E-state index in [0.717, 1.165) is 5.56 Å². The van der Waals surface area contributed by atoms with Crippen LogP contribution in [0.2, 0.25) is 0 Å². The maximum Gasteiger partial charge on any atom is 0.274 e. The van der Waals surface area contributed by atoms with Crippen molar-refractivity contribution in [1.82, 2.24) is 10.5 Å². The number of aryl methyl sites for hydroxylation is 1. The highest BCUT2D eigenvalue weighted by Crippen LogP contribution is 2.15. The van der Waals surface area contributed by atoms with Crippen molar-refractivity contribution in [2.45, 2.75) is 6.92 Å². The fourth-order valence-electron chi connectivity index (χ4n) is 1.58. The summed E-state index contributed by atoms with van der Waals surface area (Å²) < 4.78 is 10.0. The largest absolute Gasteiger partial charge is 0.495 e. The molecule has 1 heterocycles. The molecule has 5 heteroatoms. The Labute approximate surface area is 116 Å². The van der Waals surface area contributed by atoms with Crippen molar-refractivity contribution in [3.8, 4) is 17.6 Å². The van der Waals surface area contributed by atoms with Crippen LogP contribution >= 0.6 is 0 Å². The predicted octanol–water partition coefficient (Wildman–Crippen LogP) is 1.77. The molecule has 102 valence electrons. The van der Waals surface area contributed by atoms with Crippen LogP contribution in [0, 0.1) is 18.8 Å². The summed E-state index contributed by atoms with van der Waals surface area (Å²) in [6.07, 6.45) is 0. The highest BCUT2D eigenvalue weighted by atomic mass is 16.5. The highest BCUT2D eigenvalue weighted by Gasteiger charge is 2.08. The van der Waals surface area contributed by atoms with Crippen LogP contribution in [0.4, 0.5) is 0 Å². The lowest BCUT2D eigenvalue weighted by atomic mass is 10.2. The zero-order valence-corrected chi connectivity index (χ0v) is 11.3. The van der Waals surface area contributed by atoms with Gasteiger partial charge in [-0.15, -0.1) is 0 Å². The molecule has 1 N–H and O–H groups in total. The van der Waals surface area contributed by atoms with E-state index in [4.69, 9.17) is 9.26 Å². The van der Waals surface area contributed by atoms with Gasteiger partial charge in [-0.05, 0) is 19.1 Å². The molecule has 5 nitrogen and oxygen atoms in total. The summed E-state index contributed by atoms with van der Waals surface area (Å²) in [4.78, 5) is 11.7. The Morgan fingerprint density at radius 3 is 2.95 bits per heavy atom. The van der Waals surface area contributed by atoms with E-state index in [2.05, 4.69) is 22.3 Å². The van der Waals surface area contributed by atoms with E-state index in [9.17, 15) is 4.79 Å². The third kappa shape index (κ3) is 3.39. The van der Waals surface area contributed by atoms with Gasteiger partial charge in [-0.1, -0.05) is 29.1 Å². The average Bonchev–Trinajstić information content (AvgIpc) is 2.90. The molecular weight excluding hydrogens is 256 g/mol. The number of nitrogens with one attached hydrogen (secondary N) is 1. The Balaban J connectivity index is 1.93. The standard InChI is InChI=1S/C15H14N2O3/c1-11-10-13(17-20-11)15(18)16-9-5-7-12-6-3-4-8-14(12)19-2/h3-4,6,8,10H,9H2,1-2H3,(H,16,18). The summed E-state index contributed by atoms with van der Waals surface area (Å²) in [7, 11) is 1.59. The monoisotopic (exact) mass is 270 g/mol. The molecule has 2 aromatic rings. The zero-order valence-electron chi connectivity index (χ0n) is 11.3. The lowest BCUT2D eigenvalue weighted by molar-refractivity contribution is 0.0949. The molecule has 0 bridgehead atoms. The van der Waals surface area contributed by atoms with Gasteiger partial charge < -0.3 is 14.6 Å². The molecular formula is C15H14N2O3. The molecule has 0 spiro atoms. The van der Waals surface area contributed by atoms with Crippen molar-refractivity contribution in [2.75, 3.05) is 13.7 Å². The van der Waals surface area contributed by atoms with E-state index in [0.29, 0.717) is 11.5 Å². The molecule has 20 heavy (non-hydrogen) atoms. The number of carbonyl (C=O) groups excluding carboxylic acids is 1. The minimum atomic E-state index is -0.309. The topological polar surface area (TPSA) is 64.4 Å². The Bertz CT molecular complexity index is 665. The third-order valence-electron chi connectivity index (χ3n) is 2.53. The Morgan fingerprint density at radius 2 is 2.25 bits per heavy atom. The number of rotatable bonds is 3. The average molecular weight is 270 g/mol. The van der Waals surface area contributed by atoms with Crippen molar-refractivity contribution in [1.29, 1.82) is 0 Å². The van der Waals surface area contributed by atoms with Crippen LogP contribution in [0.1, 0.15) is 21.8 Å². The molecule has 1 aromatic heterocycles. The number of ether oxygens (including phenoxy) is 1. The lowest BCUT2D eigenvalue weighted by Crippen LogP contribution is -2.23. The minimum absolute atomic E-state index is 0.225. The maximum atomic E-state index is 11.7. The van der Waals surface area contributed by atoms with Crippen LogP contribution in [0.25, 0.3) is 0 Å². The van der Waals surface area contributed by atoms with Crippen molar-refractivity contribution in [3.63, 3.8) is 0 Å². The number of nitrogens with zero attached hydrogens (tertiary/aromatic N) is 1. The first-order valence-electron chi connectivity index (χ1n) is 6.04. The molecule has 0 unspecified atom stereocenters. The van der Waals surface area contributed by atoms with Gasteiger partial charge in [0.25, 0.3) is 5.91 Å². The van der Waals surface area contributed by atoms with E-state index in [-0.39, 0.29) is 18.1 Å². The zero-order chi connectivity index (χ0) is 14.4. The van der Waals surface area contributed by atoms with E-state index < -0.39 is 0 Å². The predicted molar refractivity (Wildman–Crippen MR) is 73.4 cm³/mol. The number of hydrogen-bond donors (Lipinski definition) is 1. The van der Waals surface area contributed by atoms with Gasteiger partial charge in [-0.3, -0.25) is 4.79 Å². The van der Waals surface area contributed by atoms with Gasteiger partial charge in [0, 0.05) is 6.07 Å². The molecule has 0 saturated carbocycles. The number of aromatic nitrogens is 1. The van der Waals surface area contributed by atoms with Crippen LogP contribution in [0.15, 0.2) is 34.9 Å². The van der Waals surface area contributed by atoms with Gasteiger partial charge in [0.2, 0.25) is 0 Å². The molecule has 0 aliphatic carbocycles. The number of para-hydroxylation sites is 1. The van der Waals surface area contributed by atoms with E-state index in [1.165, 1.54) is 0 Å². The highest BCUT2D eigenvalue weighted by molar-refractivity contribution is 5.92. The van der Waals surface area contributed by atoms with Crippen LogP contribution in [0.3, 0.4) is 0 Å². The van der Waals surface area contributed by atoms with Crippen LogP contribution in [-0.2, 0) is 0 Å². The Hall–Kier alpha value is -2.74. The second kappa shape index (κ2) is 6.43. The Kier molecular flexibility index (Phi) is 4.40. The van der Waals surface area contributed by atoms with Crippen LogP contribution in [-0.4, -0.2) is 24.7 Å². The summed E-state index contributed by atoms with van der Waals surface area (Å²) in [5, 5.41) is 6.27. The molecule has 0 radical (unpaired) electrons. The second-order valence-corrected chi connectivity index (χ2v) is 4.01. The quantitative estimate of drug-likeness (QED) is 0.863. The van der Waals surface area contributed by atoms with Crippen molar-refractivity contribution in [2.24, 2.45) is 0 Å². The van der Waals surface area contributed by atoms with Crippen LogP contribution < -0.4 is 10.1 Å². The number of methoxy groups -OCH3 is 1. The molecule has 1 aromatic carbocycles. The molecule has 0 aliphatic heterocycles. The molecule has 0 fully saturated rings. The van der Waals surface area contributed by atoms with E-state index in [1.807, 2.05) is 24.3 Å². The summed E-state index contributed by atoms with van der Waals surface area (Å²) in [6.45, 7) is 1.95. The molecule has 0 aliphatic rings. The fourth-order valence-corrected chi connectivity index (χ4v) is 1.58. The van der Waals surface area contributed by atoms with E-state index >= 15 is 0 Å². The van der Waals surface area contributed by atoms with E-state index in [1.54, 1.807) is 20.1 Å². The SMILES string of the molecule is COc1ccccc1C#CCNC(=O)c1cc(C)on1. The van der Waals surface area contributed by atoms with Gasteiger partial charge >= 0.3 is 0 Å². The molecule has 0 atom stereocenters. The second-order valence-electron chi connectivity index (χ2n) is 4.01. The summed E-state index contributed by atoms with van der Waals surface area (Å²) in [5.41, 5.74) is 1.03. The number of carbonyl (C=O) groups is 1. The van der Waals surface area contributed by atoms with Crippen molar-refractivity contribution >= 4 is 5.91 Å². The van der Waals surface area contributed by atoms with Gasteiger partial charge in [0.1, 0.15) is 11.5 Å². The fraction of sp³-hybridized carbons (Fsp3) is 0.200. The first-order valence-corrected chi connectivity index (χ1v) is 6.04. The number of benzene rings is 1. The van der Waals surface area contributed by atoms with Crippen molar-refractivity contribution < 1.29 is 14.1 Å². The van der Waals surface area contributed by atoms with Gasteiger partial charge in [-0.25, -0.2) is 0 Å². The van der Waals surface area contributed by atoms with Gasteiger partial charge in [-0.2, -0.15) is 0 Å². The molecule has 1 amide bonds. The number of hydrogen-bond acceptors (Lipinski definition) is 4. The lowest BCUT2D eigenvalue weighted by Gasteiger charge is -2.01. The summed E-state index contributed by atoms with van der Waals surface area (Å²) in [6, 6.07) is 9.01. The summed E-state index contributed by atoms with van der Waals surface area (Å²) >= 11 is 0. The first kappa shape index (κ1) is 13.7. The number of amides is 1. The molecule has 2 rings (SSSR count). The first-order chi connectivity index (χ1) is 9.70. The van der Waals surface area contributed by atoms with Crippen LogP contribution in [0.5, 0.6) is 5.75 Å². The van der Waals surface area contributed by atoms with Gasteiger partial charge in [0.05, 0.1) is 19.2 Å². The maximum absolute atomic E-state index is 11.7. The smallest absolute Gasteiger partial charge is 0.274 e. The third-order valence-corrected chi connectivity index (χ3v) is 2.53. The minimum Gasteiger partial charge on any atom is -0.495 e. The molecule has 0 saturated heterocycles. The normalized spacial score (nSPS) is 9.50.